The standard InChI is InChI=1S/C34H31NO9/c36-26-16-24(17-27(37)18-26)22-6-4-21(5-7-22)23-14-25(15-23)35-34(43)32(13-20-2-9-29(39)31(41)12-20)44-33(42)10-3-19-1-8-28(38)30(40)11-19/h1-12,16-18,23,25,32,36-41H,13-15H2,(H,35,43)/b10-3+/t23?,25?,32-/m1/s1. The Hall–Kier alpha value is -5.64. The van der Waals surface area contributed by atoms with E-state index in [1.807, 2.05) is 24.3 Å². The summed E-state index contributed by atoms with van der Waals surface area (Å²) in [5, 5.41) is 61.1. The lowest BCUT2D eigenvalue weighted by molar-refractivity contribution is -0.151. The Kier molecular flexibility index (Phi) is 8.61. The number of aromatic hydroxyl groups is 6. The van der Waals surface area contributed by atoms with Crippen molar-refractivity contribution >= 4 is 18.0 Å². The Labute approximate surface area is 252 Å². The molecule has 0 radical (unpaired) electrons. The van der Waals surface area contributed by atoms with E-state index in [2.05, 4.69) is 5.32 Å². The van der Waals surface area contributed by atoms with Gasteiger partial charge in [-0.2, -0.15) is 0 Å². The average Bonchev–Trinajstić information content (AvgIpc) is 2.96. The number of amides is 1. The molecule has 1 saturated carbocycles. The molecule has 0 saturated heterocycles. The van der Waals surface area contributed by atoms with Gasteiger partial charge in [0.25, 0.3) is 5.91 Å². The second-order valence-corrected chi connectivity index (χ2v) is 10.8. The van der Waals surface area contributed by atoms with Gasteiger partial charge in [-0.3, -0.25) is 4.79 Å². The molecule has 226 valence electrons. The number of hydrogen-bond donors (Lipinski definition) is 7. The Balaban J connectivity index is 1.22. The molecule has 1 aliphatic rings. The van der Waals surface area contributed by atoms with Gasteiger partial charge in [0, 0.05) is 24.6 Å². The number of phenolic OH excluding ortho intramolecular Hbond substituents is 6. The van der Waals surface area contributed by atoms with E-state index in [1.165, 1.54) is 48.5 Å². The van der Waals surface area contributed by atoms with Crippen molar-refractivity contribution in [1.82, 2.24) is 5.32 Å². The van der Waals surface area contributed by atoms with Crippen LogP contribution in [0.4, 0.5) is 0 Å². The summed E-state index contributed by atoms with van der Waals surface area (Å²) in [6.07, 6.45) is 2.52. The highest BCUT2D eigenvalue weighted by molar-refractivity contribution is 5.91. The molecule has 5 rings (SSSR count). The predicted molar refractivity (Wildman–Crippen MR) is 161 cm³/mol. The van der Waals surface area contributed by atoms with Gasteiger partial charge in [-0.1, -0.05) is 36.4 Å². The van der Waals surface area contributed by atoms with Gasteiger partial charge in [0.15, 0.2) is 29.1 Å². The second-order valence-electron chi connectivity index (χ2n) is 10.8. The quantitative estimate of drug-likeness (QED) is 0.0810. The zero-order chi connectivity index (χ0) is 31.4. The molecule has 0 spiro atoms. The van der Waals surface area contributed by atoms with Gasteiger partial charge in [-0.05, 0) is 89.1 Å². The van der Waals surface area contributed by atoms with Gasteiger partial charge >= 0.3 is 5.97 Å². The first-order chi connectivity index (χ1) is 21.0. The zero-order valence-corrected chi connectivity index (χ0v) is 23.4. The minimum atomic E-state index is -1.23. The number of ether oxygens (including phenoxy) is 1. The Morgan fingerprint density at radius 1 is 0.750 bits per heavy atom. The van der Waals surface area contributed by atoms with Crippen molar-refractivity contribution in [1.29, 1.82) is 0 Å². The fourth-order valence-electron chi connectivity index (χ4n) is 5.10. The molecule has 0 aromatic heterocycles. The molecule has 10 heteroatoms. The first-order valence-electron chi connectivity index (χ1n) is 13.9. The van der Waals surface area contributed by atoms with E-state index in [4.69, 9.17) is 4.74 Å². The minimum absolute atomic E-state index is 0.0264. The van der Waals surface area contributed by atoms with Crippen LogP contribution >= 0.6 is 0 Å². The fraction of sp³-hybridized carbons (Fsp3) is 0.176. The SMILES string of the molecule is O=C(/C=C/c1ccc(O)c(O)c1)O[C@H](Cc1ccc(O)c(O)c1)C(=O)NC1CC(c2ccc(-c3cc(O)cc(O)c3)cc2)C1. The predicted octanol–water partition coefficient (Wildman–Crippen LogP) is 4.82. The van der Waals surface area contributed by atoms with Gasteiger partial charge in [0.1, 0.15) is 11.5 Å². The molecule has 44 heavy (non-hydrogen) atoms. The number of hydrogen-bond acceptors (Lipinski definition) is 9. The maximum Gasteiger partial charge on any atom is 0.331 e. The van der Waals surface area contributed by atoms with Crippen molar-refractivity contribution in [2.24, 2.45) is 0 Å². The van der Waals surface area contributed by atoms with Gasteiger partial charge in [0.2, 0.25) is 0 Å². The highest BCUT2D eigenvalue weighted by atomic mass is 16.5. The molecule has 7 N–H and O–H groups in total. The van der Waals surface area contributed by atoms with E-state index in [1.54, 1.807) is 12.1 Å². The van der Waals surface area contributed by atoms with Crippen molar-refractivity contribution in [2.45, 2.75) is 37.3 Å². The lowest BCUT2D eigenvalue weighted by Gasteiger charge is -2.37. The molecule has 0 unspecified atom stereocenters. The fourth-order valence-corrected chi connectivity index (χ4v) is 5.10. The van der Waals surface area contributed by atoms with Crippen LogP contribution in [0.25, 0.3) is 17.2 Å². The summed E-state index contributed by atoms with van der Waals surface area (Å²) in [5.41, 5.74) is 3.50. The van der Waals surface area contributed by atoms with Crippen molar-refractivity contribution < 1.29 is 45.0 Å². The molecule has 1 aliphatic carbocycles. The van der Waals surface area contributed by atoms with Crippen LogP contribution in [-0.4, -0.2) is 54.7 Å². The number of esters is 1. The third-order valence-electron chi connectivity index (χ3n) is 7.53. The Morgan fingerprint density at radius 3 is 2.02 bits per heavy atom. The number of phenols is 6. The molecule has 1 atom stereocenters. The summed E-state index contributed by atoms with van der Waals surface area (Å²) in [6, 6.07) is 20.1. The first-order valence-corrected chi connectivity index (χ1v) is 13.9. The van der Waals surface area contributed by atoms with E-state index >= 15 is 0 Å². The number of carbonyl (C=O) groups excluding carboxylic acids is 2. The molecule has 4 aromatic rings. The van der Waals surface area contributed by atoms with Crippen molar-refractivity contribution in [3.8, 4) is 45.6 Å². The van der Waals surface area contributed by atoms with Crippen LogP contribution in [0.2, 0.25) is 0 Å². The molecule has 1 fully saturated rings. The maximum absolute atomic E-state index is 13.3. The highest BCUT2D eigenvalue weighted by Crippen LogP contribution is 2.38. The van der Waals surface area contributed by atoms with Crippen LogP contribution in [0.5, 0.6) is 34.5 Å². The van der Waals surface area contributed by atoms with E-state index in [0.717, 1.165) is 17.2 Å². The topological polar surface area (TPSA) is 177 Å². The van der Waals surface area contributed by atoms with Gasteiger partial charge < -0.3 is 40.7 Å². The summed E-state index contributed by atoms with van der Waals surface area (Å²) in [4.78, 5) is 25.9. The first kappa shape index (κ1) is 29.8. The Bertz CT molecular complexity index is 1690. The maximum atomic E-state index is 13.3. The van der Waals surface area contributed by atoms with Crippen molar-refractivity contribution in [3.63, 3.8) is 0 Å². The van der Waals surface area contributed by atoms with Gasteiger partial charge in [-0.15, -0.1) is 0 Å². The molecule has 1 amide bonds. The van der Waals surface area contributed by atoms with Crippen molar-refractivity contribution in [2.75, 3.05) is 0 Å². The van der Waals surface area contributed by atoms with E-state index < -0.39 is 18.0 Å². The smallest absolute Gasteiger partial charge is 0.331 e. The summed E-state index contributed by atoms with van der Waals surface area (Å²) in [6.45, 7) is 0. The third-order valence-corrected chi connectivity index (χ3v) is 7.53. The highest BCUT2D eigenvalue weighted by Gasteiger charge is 2.34. The normalized spacial score (nSPS) is 16.6. The lowest BCUT2D eigenvalue weighted by Crippen LogP contribution is -2.48. The largest absolute Gasteiger partial charge is 0.508 e. The number of carbonyl (C=O) groups is 2. The molecule has 0 aliphatic heterocycles. The molecule has 10 nitrogen and oxygen atoms in total. The molecule has 0 bridgehead atoms. The number of nitrogens with one attached hydrogen (secondary N) is 1. The summed E-state index contributed by atoms with van der Waals surface area (Å²) in [5.74, 6) is -2.51. The Morgan fingerprint density at radius 2 is 1.39 bits per heavy atom. The monoisotopic (exact) mass is 597 g/mol. The van der Waals surface area contributed by atoms with E-state index in [9.17, 15) is 40.2 Å². The molecule has 0 heterocycles. The number of rotatable bonds is 9. The van der Waals surface area contributed by atoms with Crippen molar-refractivity contribution in [3.05, 3.63) is 102 Å². The van der Waals surface area contributed by atoms with E-state index in [0.29, 0.717) is 29.5 Å². The van der Waals surface area contributed by atoms with Crippen LogP contribution in [-0.2, 0) is 20.7 Å². The van der Waals surface area contributed by atoms with Gasteiger partial charge in [-0.25, -0.2) is 4.79 Å². The molecule has 4 aromatic carbocycles. The van der Waals surface area contributed by atoms with Crippen LogP contribution in [0.3, 0.4) is 0 Å². The summed E-state index contributed by atoms with van der Waals surface area (Å²) < 4.78 is 5.49. The van der Waals surface area contributed by atoms with Crippen LogP contribution in [0.1, 0.15) is 35.4 Å². The van der Waals surface area contributed by atoms with Crippen LogP contribution < -0.4 is 5.32 Å². The van der Waals surface area contributed by atoms with Gasteiger partial charge in [0.05, 0.1) is 0 Å². The second kappa shape index (κ2) is 12.7. The number of benzene rings is 4. The summed E-state index contributed by atoms with van der Waals surface area (Å²) >= 11 is 0. The minimum Gasteiger partial charge on any atom is -0.508 e. The van der Waals surface area contributed by atoms with Crippen LogP contribution in [0, 0.1) is 0 Å². The van der Waals surface area contributed by atoms with Crippen LogP contribution in [0.15, 0.2) is 84.9 Å². The lowest BCUT2D eigenvalue weighted by atomic mass is 9.75. The molecular formula is C34H31NO9. The molecular weight excluding hydrogens is 566 g/mol. The third kappa shape index (κ3) is 7.22. The summed E-state index contributed by atoms with van der Waals surface area (Å²) in [7, 11) is 0. The van der Waals surface area contributed by atoms with E-state index in [-0.39, 0.29) is 52.9 Å². The average molecular weight is 598 g/mol. The zero-order valence-electron chi connectivity index (χ0n) is 23.4.